The molecule has 2 aromatic carbocycles. The van der Waals surface area contributed by atoms with Gasteiger partial charge in [-0.25, -0.2) is 0 Å². The molecule has 0 aliphatic carbocycles. The Bertz CT molecular complexity index is 535. The Morgan fingerprint density at radius 2 is 1.63 bits per heavy atom. The van der Waals surface area contributed by atoms with Gasteiger partial charge in [0.1, 0.15) is 0 Å². The molecule has 2 nitrogen and oxygen atoms in total. The number of anilines is 2. The third-order valence-corrected chi connectivity index (χ3v) is 4.31. The number of thioether (sulfide) groups is 1. The Hall–Kier alpha value is -1.61. The van der Waals surface area contributed by atoms with Gasteiger partial charge < -0.3 is 11.5 Å². The van der Waals surface area contributed by atoms with Gasteiger partial charge in [-0.2, -0.15) is 0 Å². The molecule has 0 radical (unpaired) electrons. The third kappa shape index (κ3) is 4.21. The summed E-state index contributed by atoms with van der Waals surface area (Å²) in [5, 5.41) is 0. The first-order chi connectivity index (χ1) is 9.15. The van der Waals surface area contributed by atoms with Crippen LogP contribution in [0.25, 0.3) is 0 Å². The Kier molecular flexibility index (Phi) is 4.74. The molecule has 2 aromatic rings. The predicted octanol–water partition coefficient (Wildman–Crippen LogP) is 3.88. The van der Waals surface area contributed by atoms with Crippen LogP contribution in [-0.2, 0) is 6.42 Å². The van der Waals surface area contributed by atoms with Crippen molar-refractivity contribution in [3.63, 3.8) is 0 Å². The van der Waals surface area contributed by atoms with E-state index in [0.717, 1.165) is 23.5 Å². The average molecular weight is 272 g/mol. The second-order valence-corrected chi connectivity index (χ2v) is 5.86. The van der Waals surface area contributed by atoms with Crippen LogP contribution in [0.4, 0.5) is 11.4 Å². The van der Waals surface area contributed by atoms with Gasteiger partial charge in [0, 0.05) is 16.3 Å². The summed E-state index contributed by atoms with van der Waals surface area (Å²) in [5.41, 5.74) is 15.7. The second-order valence-electron chi connectivity index (χ2n) is 4.72. The lowest BCUT2D eigenvalue weighted by atomic mass is 10.1. The van der Waals surface area contributed by atoms with Crippen LogP contribution in [0.2, 0.25) is 0 Å². The maximum Gasteiger partial charge on any atom is 0.0317 e. The van der Waals surface area contributed by atoms with Crippen LogP contribution in [0.1, 0.15) is 17.5 Å². The van der Waals surface area contributed by atoms with E-state index < -0.39 is 0 Å². The van der Waals surface area contributed by atoms with Crippen molar-refractivity contribution in [3.05, 3.63) is 53.6 Å². The lowest BCUT2D eigenvalue weighted by Gasteiger charge is -2.06. The molecule has 0 amide bonds. The van der Waals surface area contributed by atoms with Gasteiger partial charge in [0.2, 0.25) is 0 Å². The highest BCUT2D eigenvalue weighted by Gasteiger charge is 2.00. The Morgan fingerprint density at radius 3 is 2.32 bits per heavy atom. The molecule has 0 aliphatic heterocycles. The Balaban J connectivity index is 1.79. The fourth-order valence-corrected chi connectivity index (χ4v) is 2.94. The summed E-state index contributed by atoms with van der Waals surface area (Å²) < 4.78 is 0. The molecule has 0 bridgehead atoms. The average Bonchev–Trinajstić information content (AvgIpc) is 2.39. The fourth-order valence-electron chi connectivity index (χ4n) is 1.98. The van der Waals surface area contributed by atoms with Crippen molar-refractivity contribution in [2.75, 3.05) is 17.2 Å². The molecule has 0 heterocycles. The van der Waals surface area contributed by atoms with Crippen LogP contribution >= 0.6 is 11.8 Å². The molecule has 4 N–H and O–H groups in total. The van der Waals surface area contributed by atoms with E-state index in [1.165, 1.54) is 22.4 Å². The number of rotatable bonds is 5. The van der Waals surface area contributed by atoms with Crippen molar-refractivity contribution in [1.29, 1.82) is 0 Å². The van der Waals surface area contributed by atoms with E-state index in [9.17, 15) is 0 Å². The normalized spacial score (nSPS) is 10.6. The van der Waals surface area contributed by atoms with Gasteiger partial charge in [-0.05, 0) is 67.0 Å². The highest BCUT2D eigenvalue weighted by atomic mass is 32.2. The monoisotopic (exact) mass is 272 g/mol. The van der Waals surface area contributed by atoms with Crippen LogP contribution in [0.5, 0.6) is 0 Å². The van der Waals surface area contributed by atoms with E-state index in [1.54, 1.807) is 0 Å². The Morgan fingerprint density at radius 1 is 0.947 bits per heavy atom. The minimum Gasteiger partial charge on any atom is -0.399 e. The molecule has 19 heavy (non-hydrogen) atoms. The number of hydrogen-bond donors (Lipinski definition) is 2. The van der Waals surface area contributed by atoms with E-state index in [1.807, 2.05) is 36.0 Å². The molecular weight excluding hydrogens is 252 g/mol. The van der Waals surface area contributed by atoms with Crippen LogP contribution in [-0.4, -0.2) is 5.75 Å². The fraction of sp³-hybridized carbons (Fsp3) is 0.250. The molecule has 0 unspecified atom stereocenters. The summed E-state index contributed by atoms with van der Waals surface area (Å²) in [6.45, 7) is 2.11. The minimum absolute atomic E-state index is 0.829. The Labute approximate surface area is 119 Å². The lowest BCUT2D eigenvalue weighted by Crippen LogP contribution is -1.91. The van der Waals surface area contributed by atoms with Gasteiger partial charge in [0.25, 0.3) is 0 Å². The number of hydrogen-bond acceptors (Lipinski definition) is 3. The summed E-state index contributed by atoms with van der Waals surface area (Å²) in [7, 11) is 0. The first-order valence-corrected chi connectivity index (χ1v) is 7.47. The van der Waals surface area contributed by atoms with E-state index >= 15 is 0 Å². The van der Waals surface area contributed by atoms with E-state index in [-0.39, 0.29) is 0 Å². The molecule has 3 heteroatoms. The van der Waals surface area contributed by atoms with E-state index in [4.69, 9.17) is 11.5 Å². The summed E-state index contributed by atoms with van der Waals surface area (Å²) >= 11 is 1.90. The summed E-state index contributed by atoms with van der Waals surface area (Å²) in [6.07, 6.45) is 2.26. The molecule has 0 saturated heterocycles. The molecule has 0 atom stereocenters. The van der Waals surface area contributed by atoms with Crippen molar-refractivity contribution in [2.45, 2.75) is 24.7 Å². The van der Waals surface area contributed by atoms with Crippen molar-refractivity contribution in [1.82, 2.24) is 0 Å². The van der Waals surface area contributed by atoms with E-state index in [2.05, 4.69) is 25.1 Å². The molecule has 100 valence electrons. The van der Waals surface area contributed by atoms with Crippen LogP contribution in [0, 0.1) is 6.92 Å². The zero-order valence-electron chi connectivity index (χ0n) is 11.2. The van der Waals surface area contributed by atoms with Gasteiger partial charge in [-0.3, -0.25) is 0 Å². The highest BCUT2D eigenvalue weighted by Crippen LogP contribution is 2.25. The standard InChI is InChI=1S/C16H20N2S/c1-12-11-15(18)8-9-16(12)19-10-2-3-13-4-6-14(17)7-5-13/h4-9,11H,2-3,10,17-18H2,1H3. The molecule has 0 spiro atoms. The van der Waals surface area contributed by atoms with Gasteiger partial charge >= 0.3 is 0 Å². The lowest BCUT2D eigenvalue weighted by molar-refractivity contribution is 0.933. The maximum absolute atomic E-state index is 5.75. The van der Waals surface area contributed by atoms with Gasteiger partial charge in [-0.1, -0.05) is 12.1 Å². The summed E-state index contributed by atoms with van der Waals surface area (Å²) in [6, 6.07) is 14.2. The van der Waals surface area contributed by atoms with E-state index in [0.29, 0.717) is 0 Å². The smallest absolute Gasteiger partial charge is 0.0317 e. The first-order valence-electron chi connectivity index (χ1n) is 6.48. The quantitative estimate of drug-likeness (QED) is 0.493. The van der Waals surface area contributed by atoms with Crippen molar-refractivity contribution < 1.29 is 0 Å². The van der Waals surface area contributed by atoms with Gasteiger partial charge in [0.15, 0.2) is 0 Å². The highest BCUT2D eigenvalue weighted by molar-refractivity contribution is 7.99. The van der Waals surface area contributed by atoms with Crippen molar-refractivity contribution in [3.8, 4) is 0 Å². The first kappa shape index (κ1) is 13.8. The molecule has 0 aliphatic rings. The molecule has 0 fully saturated rings. The number of benzene rings is 2. The number of nitrogen functional groups attached to an aromatic ring is 2. The topological polar surface area (TPSA) is 52.0 Å². The van der Waals surface area contributed by atoms with Gasteiger partial charge in [-0.15, -0.1) is 11.8 Å². The van der Waals surface area contributed by atoms with Crippen molar-refractivity contribution in [2.24, 2.45) is 0 Å². The SMILES string of the molecule is Cc1cc(N)ccc1SCCCc1ccc(N)cc1. The maximum atomic E-state index is 5.75. The number of aryl methyl sites for hydroxylation is 2. The summed E-state index contributed by atoms with van der Waals surface area (Å²) in [5.74, 6) is 1.12. The second kappa shape index (κ2) is 6.53. The largest absolute Gasteiger partial charge is 0.399 e. The predicted molar refractivity (Wildman–Crippen MR) is 85.5 cm³/mol. The summed E-state index contributed by atoms with van der Waals surface area (Å²) in [4.78, 5) is 1.33. The third-order valence-electron chi connectivity index (χ3n) is 3.05. The molecule has 0 aromatic heterocycles. The van der Waals surface area contributed by atoms with Gasteiger partial charge in [0.05, 0.1) is 0 Å². The van der Waals surface area contributed by atoms with Crippen LogP contribution < -0.4 is 11.5 Å². The molecular formula is C16H20N2S. The zero-order chi connectivity index (χ0) is 13.7. The van der Waals surface area contributed by atoms with Crippen LogP contribution in [0.15, 0.2) is 47.4 Å². The number of nitrogens with two attached hydrogens (primary N) is 2. The van der Waals surface area contributed by atoms with Crippen LogP contribution in [0.3, 0.4) is 0 Å². The zero-order valence-corrected chi connectivity index (χ0v) is 12.0. The minimum atomic E-state index is 0.829. The molecule has 0 saturated carbocycles. The molecule has 2 rings (SSSR count). The van der Waals surface area contributed by atoms with Crippen molar-refractivity contribution >= 4 is 23.1 Å².